The van der Waals surface area contributed by atoms with E-state index in [4.69, 9.17) is 4.74 Å². The van der Waals surface area contributed by atoms with Gasteiger partial charge in [-0.15, -0.1) is 0 Å². The predicted octanol–water partition coefficient (Wildman–Crippen LogP) is 2.11. The van der Waals surface area contributed by atoms with E-state index in [0.717, 1.165) is 62.2 Å². The topological polar surface area (TPSA) is 52.1 Å². The number of aromatic nitrogens is 2. The normalized spacial score (nSPS) is 23.8. The first-order valence-electron chi connectivity index (χ1n) is 6.82. The number of ether oxygens (including phenoxy) is 1. The van der Waals surface area contributed by atoms with Gasteiger partial charge in [-0.1, -0.05) is 0 Å². The minimum atomic E-state index is 0.200. The number of carbonyl (C=O) groups excluding carboxylic acids is 1. The van der Waals surface area contributed by atoms with Crippen molar-refractivity contribution in [2.45, 2.75) is 51.0 Å². The van der Waals surface area contributed by atoms with Gasteiger partial charge in [-0.2, -0.15) is 0 Å². The fraction of sp³-hybridized carbons (Fsp3) is 0.643. The smallest absolute Gasteiger partial charge is 0.166 e. The summed E-state index contributed by atoms with van der Waals surface area (Å²) in [5.41, 5.74) is 1.68. The molecule has 0 N–H and O–H groups in total. The lowest BCUT2D eigenvalue weighted by molar-refractivity contribution is 0.0981. The first-order chi connectivity index (χ1) is 8.83. The van der Waals surface area contributed by atoms with Crippen molar-refractivity contribution in [1.82, 2.24) is 9.97 Å². The van der Waals surface area contributed by atoms with Crippen LogP contribution in [0.2, 0.25) is 0 Å². The van der Waals surface area contributed by atoms with E-state index < -0.39 is 0 Å². The van der Waals surface area contributed by atoms with Crippen LogP contribution in [0, 0.1) is 0 Å². The number of Topliss-reactive ketones (excluding diaryl/α,β-unsaturated/α-hetero) is 1. The van der Waals surface area contributed by atoms with Gasteiger partial charge in [0.2, 0.25) is 0 Å². The summed E-state index contributed by atoms with van der Waals surface area (Å²) in [4.78, 5) is 20.8. The van der Waals surface area contributed by atoms with Gasteiger partial charge < -0.3 is 4.74 Å². The maximum absolute atomic E-state index is 11.9. The van der Waals surface area contributed by atoms with Gasteiger partial charge in [-0.3, -0.25) is 4.79 Å². The minimum Gasteiger partial charge on any atom is -0.378 e. The molecule has 1 saturated heterocycles. The van der Waals surface area contributed by atoms with Crippen LogP contribution in [0.3, 0.4) is 0 Å². The molecule has 18 heavy (non-hydrogen) atoms. The maximum Gasteiger partial charge on any atom is 0.166 e. The molecule has 1 unspecified atom stereocenters. The third-order valence-corrected chi connectivity index (χ3v) is 3.72. The molecule has 0 radical (unpaired) electrons. The molecular weight excluding hydrogens is 228 g/mol. The molecule has 1 aliphatic carbocycles. The zero-order valence-corrected chi connectivity index (χ0v) is 10.5. The highest BCUT2D eigenvalue weighted by Crippen LogP contribution is 2.20. The molecule has 1 aliphatic heterocycles. The summed E-state index contributed by atoms with van der Waals surface area (Å²) in [6, 6.07) is 0. The number of rotatable bonds is 2. The summed E-state index contributed by atoms with van der Waals surface area (Å²) in [7, 11) is 0. The molecule has 0 saturated carbocycles. The van der Waals surface area contributed by atoms with Crippen LogP contribution in [0.15, 0.2) is 6.20 Å². The zero-order valence-electron chi connectivity index (χ0n) is 10.5. The number of ketones is 1. The summed E-state index contributed by atoms with van der Waals surface area (Å²) in [5.74, 6) is 1.03. The summed E-state index contributed by atoms with van der Waals surface area (Å²) < 4.78 is 5.60. The van der Waals surface area contributed by atoms with Crippen molar-refractivity contribution in [1.29, 1.82) is 0 Å². The molecular formula is C14H18N2O2. The van der Waals surface area contributed by atoms with Crippen LogP contribution in [-0.4, -0.2) is 28.5 Å². The van der Waals surface area contributed by atoms with Gasteiger partial charge >= 0.3 is 0 Å². The highest BCUT2D eigenvalue weighted by molar-refractivity contribution is 5.97. The molecule has 1 aromatic rings. The average Bonchev–Trinajstić information content (AvgIpc) is 2.80. The molecule has 4 heteroatoms. The SMILES string of the molecule is O=C1CCCCc2nc(CC3CCCO3)ncc21. The lowest BCUT2D eigenvalue weighted by atomic mass is 10.1. The van der Waals surface area contributed by atoms with Gasteiger partial charge in [0, 0.05) is 25.6 Å². The molecule has 0 amide bonds. The molecule has 2 heterocycles. The molecule has 2 aliphatic rings. The monoisotopic (exact) mass is 246 g/mol. The van der Waals surface area contributed by atoms with E-state index in [0.29, 0.717) is 6.42 Å². The Morgan fingerprint density at radius 2 is 2.17 bits per heavy atom. The Morgan fingerprint density at radius 3 is 3.00 bits per heavy atom. The molecule has 0 bridgehead atoms. The van der Waals surface area contributed by atoms with Crippen LogP contribution in [0.1, 0.15) is 54.0 Å². The van der Waals surface area contributed by atoms with E-state index in [1.54, 1.807) is 6.20 Å². The van der Waals surface area contributed by atoms with Crippen LogP contribution >= 0.6 is 0 Å². The zero-order chi connectivity index (χ0) is 12.4. The van der Waals surface area contributed by atoms with Gasteiger partial charge in [0.15, 0.2) is 5.78 Å². The Labute approximate surface area is 107 Å². The summed E-state index contributed by atoms with van der Waals surface area (Å²) in [5, 5.41) is 0. The number of carbonyl (C=O) groups is 1. The van der Waals surface area contributed by atoms with E-state index in [1.807, 2.05) is 0 Å². The van der Waals surface area contributed by atoms with Crippen LogP contribution < -0.4 is 0 Å². The second kappa shape index (κ2) is 5.14. The first kappa shape index (κ1) is 11.8. The van der Waals surface area contributed by atoms with Crippen LogP contribution in [0.25, 0.3) is 0 Å². The summed E-state index contributed by atoms with van der Waals surface area (Å²) in [6.45, 7) is 0.855. The fourth-order valence-corrected chi connectivity index (χ4v) is 2.70. The van der Waals surface area contributed by atoms with Crippen LogP contribution in [-0.2, 0) is 17.6 Å². The Kier molecular flexibility index (Phi) is 3.37. The van der Waals surface area contributed by atoms with E-state index >= 15 is 0 Å². The molecule has 1 fully saturated rings. The van der Waals surface area contributed by atoms with Gasteiger partial charge in [0.25, 0.3) is 0 Å². The highest BCUT2D eigenvalue weighted by atomic mass is 16.5. The molecule has 0 aromatic carbocycles. The van der Waals surface area contributed by atoms with Crippen molar-refractivity contribution in [2.75, 3.05) is 6.61 Å². The highest BCUT2D eigenvalue weighted by Gasteiger charge is 2.21. The molecule has 96 valence electrons. The van der Waals surface area contributed by atoms with Crippen LogP contribution in [0.4, 0.5) is 0 Å². The van der Waals surface area contributed by atoms with Crippen LogP contribution in [0.5, 0.6) is 0 Å². The van der Waals surface area contributed by atoms with E-state index in [1.165, 1.54) is 0 Å². The largest absolute Gasteiger partial charge is 0.378 e. The predicted molar refractivity (Wildman–Crippen MR) is 66.6 cm³/mol. The average molecular weight is 246 g/mol. The van der Waals surface area contributed by atoms with Gasteiger partial charge in [0.1, 0.15) is 5.82 Å². The second-order valence-electron chi connectivity index (χ2n) is 5.12. The number of nitrogens with zero attached hydrogens (tertiary/aromatic N) is 2. The van der Waals surface area contributed by atoms with Gasteiger partial charge in [-0.25, -0.2) is 9.97 Å². The van der Waals surface area contributed by atoms with Crippen molar-refractivity contribution in [3.8, 4) is 0 Å². The molecule has 3 rings (SSSR count). The van der Waals surface area contributed by atoms with Gasteiger partial charge in [-0.05, 0) is 32.1 Å². The Balaban J connectivity index is 1.80. The summed E-state index contributed by atoms with van der Waals surface area (Å²) in [6.07, 6.45) is 8.56. The number of aryl methyl sites for hydroxylation is 1. The van der Waals surface area contributed by atoms with Crippen molar-refractivity contribution in [2.24, 2.45) is 0 Å². The Hall–Kier alpha value is -1.29. The van der Waals surface area contributed by atoms with Crippen molar-refractivity contribution in [3.63, 3.8) is 0 Å². The molecule has 0 spiro atoms. The molecule has 1 atom stereocenters. The fourth-order valence-electron chi connectivity index (χ4n) is 2.70. The lowest BCUT2D eigenvalue weighted by Gasteiger charge is -2.10. The molecule has 1 aromatic heterocycles. The van der Waals surface area contributed by atoms with Crippen molar-refractivity contribution >= 4 is 5.78 Å². The third kappa shape index (κ3) is 2.43. The van der Waals surface area contributed by atoms with E-state index in [2.05, 4.69) is 9.97 Å². The third-order valence-electron chi connectivity index (χ3n) is 3.72. The Bertz CT molecular complexity index is 453. The quantitative estimate of drug-likeness (QED) is 0.750. The van der Waals surface area contributed by atoms with Crippen molar-refractivity contribution in [3.05, 3.63) is 23.3 Å². The molecule has 4 nitrogen and oxygen atoms in total. The standard InChI is InChI=1S/C14H18N2O2/c17-13-6-2-1-5-12-11(13)9-15-14(16-12)8-10-4-3-7-18-10/h9-10H,1-8H2. The van der Waals surface area contributed by atoms with E-state index in [9.17, 15) is 4.79 Å². The first-order valence-corrected chi connectivity index (χ1v) is 6.82. The number of hydrogen-bond acceptors (Lipinski definition) is 4. The van der Waals surface area contributed by atoms with Gasteiger partial charge in [0.05, 0.1) is 17.4 Å². The number of fused-ring (bicyclic) bond motifs is 1. The van der Waals surface area contributed by atoms with Crippen molar-refractivity contribution < 1.29 is 9.53 Å². The second-order valence-corrected chi connectivity index (χ2v) is 5.12. The summed E-state index contributed by atoms with van der Waals surface area (Å²) >= 11 is 0. The Morgan fingerprint density at radius 1 is 1.28 bits per heavy atom. The number of hydrogen-bond donors (Lipinski definition) is 0. The van der Waals surface area contributed by atoms with E-state index in [-0.39, 0.29) is 11.9 Å². The minimum absolute atomic E-state index is 0.200. The maximum atomic E-state index is 11.9. The lowest BCUT2D eigenvalue weighted by Crippen LogP contribution is -2.14.